The Balaban J connectivity index is 1.44. The number of amides is 1. The summed E-state index contributed by atoms with van der Waals surface area (Å²) in [6.07, 6.45) is 4.81. The summed E-state index contributed by atoms with van der Waals surface area (Å²) in [6, 6.07) is 9.30. The van der Waals surface area contributed by atoms with Crippen molar-refractivity contribution < 1.29 is 4.79 Å². The van der Waals surface area contributed by atoms with Crippen LogP contribution < -0.4 is 10.2 Å². The van der Waals surface area contributed by atoms with Crippen molar-refractivity contribution in [3.05, 3.63) is 65.5 Å². The number of nitrogens with one attached hydrogen (secondary N) is 1. The standard InChI is InChI=1S/C19H19ClN6OS/c20-15-3-1-2-14(8-15)10-21-19(27)16-11-26(13-24-16)18-9-17(22-12-23-18)25-4-6-28-7-5-25/h1-3,8-9,11-13H,4-7,10H2,(H,21,27). The number of halogens is 1. The summed E-state index contributed by atoms with van der Waals surface area (Å²) in [7, 11) is 0. The number of nitrogens with zero attached hydrogens (tertiary/aromatic N) is 5. The van der Waals surface area contributed by atoms with E-state index in [0.29, 0.717) is 23.1 Å². The highest BCUT2D eigenvalue weighted by Crippen LogP contribution is 2.18. The van der Waals surface area contributed by atoms with Crippen LogP contribution in [0.4, 0.5) is 5.82 Å². The highest BCUT2D eigenvalue weighted by atomic mass is 35.5. The van der Waals surface area contributed by atoms with Gasteiger partial charge in [-0.2, -0.15) is 11.8 Å². The molecule has 0 radical (unpaired) electrons. The Hall–Kier alpha value is -2.58. The van der Waals surface area contributed by atoms with Crippen LogP contribution in [-0.4, -0.2) is 50.0 Å². The molecule has 4 rings (SSSR count). The molecule has 1 aliphatic rings. The van der Waals surface area contributed by atoms with Crippen LogP contribution in [0.1, 0.15) is 16.1 Å². The molecule has 0 atom stereocenters. The summed E-state index contributed by atoms with van der Waals surface area (Å²) in [5.74, 6) is 3.53. The van der Waals surface area contributed by atoms with E-state index in [1.807, 2.05) is 36.0 Å². The monoisotopic (exact) mass is 414 g/mol. The zero-order chi connectivity index (χ0) is 19.3. The van der Waals surface area contributed by atoms with Crippen LogP contribution in [0.2, 0.25) is 5.02 Å². The zero-order valence-corrected chi connectivity index (χ0v) is 16.7. The lowest BCUT2D eigenvalue weighted by molar-refractivity contribution is 0.0946. The minimum Gasteiger partial charge on any atom is -0.355 e. The third-order valence-electron chi connectivity index (χ3n) is 4.40. The van der Waals surface area contributed by atoms with Gasteiger partial charge in [-0.25, -0.2) is 15.0 Å². The van der Waals surface area contributed by atoms with Gasteiger partial charge in [-0.1, -0.05) is 23.7 Å². The molecule has 2 aromatic heterocycles. The molecule has 9 heteroatoms. The van der Waals surface area contributed by atoms with Crippen LogP contribution >= 0.6 is 23.4 Å². The number of thioether (sulfide) groups is 1. The molecule has 0 aliphatic carbocycles. The number of carbonyl (C=O) groups excluding carboxylic acids is 1. The summed E-state index contributed by atoms with van der Waals surface area (Å²) in [5.41, 5.74) is 1.26. The van der Waals surface area contributed by atoms with Gasteiger partial charge in [-0.05, 0) is 17.7 Å². The van der Waals surface area contributed by atoms with Crippen LogP contribution in [0.3, 0.4) is 0 Å². The predicted octanol–water partition coefficient (Wildman–Crippen LogP) is 2.80. The lowest BCUT2D eigenvalue weighted by atomic mass is 10.2. The zero-order valence-electron chi connectivity index (χ0n) is 15.1. The summed E-state index contributed by atoms with van der Waals surface area (Å²) < 4.78 is 1.73. The number of benzene rings is 1. The summed E-state index contributed by atoms with van der Waals surface area (Å²) in [5, 5.41) is 3.50. The maximum absolute atomic E-state index is 12.4. The van der Waals surface area contributed by atoms with Crippen molar-refractivity contribution in [1.82, 2.24) is 24.8 Å². The number of hydrogen-bond donors (Lipinski definition) is 1. The van der Waals surface area contributed by atoms with E-state index in [9.17, 15) is 4.79 Å². The maximum atomic E-state index is 12.4. The molecule has 0 spiro atoms. The van der Waals surface area contributed by atoms with Gasteiger partial charge in [0.25, 0.3) is 5.91 Å². The van der Waals surface area contributed by atoms with Crippen molar-refractivity contribution in [2.75, 3.05) is 29.5 Å². The second-order valence-electron chi connectivity index (χ2n) is 6.31. The SMILES string of the molecule is O=C(NCc1cccc(Cl)c1)c1cn(-c2cc(N3CCSCC3)ncn2)cn1. The molecular weight excluding hydrogens is 396 g/mol. The molecule has 0 unspecified atom stereocenters. The van der Waals surface area contributed by atoms with E-state index in [-0.39, 0.29) is 5.91 Å². The molecule has 0 bridgehead atoms. The Morgan fingerprint density at radius 2 is 1.96 bits per heavy atom. The molecule has 0 saturated carbocycles. The first-order valence-corrected chi connectivity index (χ1v) is 10.4. The molecule has 7 nitrogen and oxygen atoms in total. The second kappa shape index (κ2) is 8.62. The molecule has 1 fully saturated rings. The Morgan fingerprint density at radius 3 is 2.79 bits per heavy atom. The summed E-state index contributed by atoms with van der Waals surface area (Å²) >= 11 is 7.92. The van der Waals surface area contributed by atoms with Crippen LogP contribution in [0.25, 0.3) is 5.82 Å². The molecular formula is C19H19ClN6OS. The first-order valence-electron chi connectivity index (χ1n) is 8.91. The van der Waals surface area contributed by atoms with E-state index in [2.05, 4.69) is 25.2 Å². The smallest absolute Gasteiger partial charge is 0.271 e. The average Bonchev–Trinajstić information content (AvgIpc) is 3.23. The van der Waals surface area contributed by atoms with Gasteiger partial charge in [0.1, 0.15) is 30.0 Å². The number of anilines is 1. The van der Waals surface area contributed by atoms with Crippen molar-refractivity contribution in [2.24, 2.45) is 0 Å². The van der Waals surface area contributed by atoms with Crippen molar-refractivity contribution >= 4 is 35.1 Å². The molecule has 1 amide bonds. The molecule has 28 heavy (non-hydrogen) atoms. The fraction of sp³-hybridized carbons (Fsp3) is 0.263. The molecule has 1 aliphatic heterocycles. The van der Waals surface area contributed by atoms with E-state index in [4.69, 9.17) is 11.6 Å². The maximum Gasteiger partial charge on any atom is 0.271 e. The Bertz CT molecular complexity index is 972. The summed E-state index contributed by atoms with van der Waals surface area (Å²) in [4.78, 5) is 27.6. The molecule has 3 aromatic rings. The van der Waals surface area contributed by atoms with Gasteiger partial charge in [-0.3, -0.25) is 9.36 Å². The van der Waals surface area contributed by atoms with Gasteiger partial charge in [-0.15, -0.1) is 0 Å². The Kier molecular flexibility index (Phi) is 5.78. The summed E-state index contributed by atoms with van der Waals surface area (Å²) in [6.45, 7) is 2.33. The van der Waals surface area contributed by atoms with Crippen molar-refractivity contribution in [2.45, 2.75) is 6.54 Å². The number of aromatic nitrogens is 4. The van der Waals surface area contributed by atoms with Crippen LogP contribution in [0.5, 0.6) is 0 Å². The second-order valence-corrected chi connectivity index (χ2v) is 7.97. The van der Waals surface area contributed by atoms with E-state index in [0.717, 1.165) is 36.0 Å². The first kappa shape index (κ1) is 18.8. The van der Waals surface area contributed by atoms with Crippen LogP contribution in [0, 0.1) is 0 Å². The topological polar surface area (TPSA) is 75.9 Å². The van der Waals surface area contributed by atoms with Crippen molar-refractivity contribution in [1.29, 1.82) is 0 Å². The van der Waals surface area contributed by atoms with Crippen LogP contribution in [0.15, 0.2) is 49.2 Å². The third-order valence-corrected chi connectivity index (χ3v) is 5.57. The van der Waals surface area contributed by atoms with E-state index < -0.39 is 0 Å². The van der Waals surface area contributed by atoms with E-state index >= 15 is 0 Å². The molecule has 1 N–H and O–H groups in total. The van der Waals surface area contributed by atoms with Crippen molar-refractivity contribution in [3.63, 3.8) is 0 Å². The largest absolute Gasteiger partial charge is 0.355 e. The fourth-order valence-electron chi connectivity index (χ4n) is 2.93. The Morgan fingerprint density at radius 1 is 1.14 bits per heavy atom. The molecule has 144 valence electrons. The molecule has 3 heterocycles. The van der Waals surface area contributed by atoms with Gasteiger partial charge in [0.15, 0.2) is 0 Å². The fourth-order valence-corrected chi connectivity index (χ4v) is 4.04. The number of carbonyl (C=O) groups is 1. The van der Waals surface area contributed by atoms with Crippen molar-refractivity contribution in [3.8, 4) is 5.82 Å². The number of imidazole rings is 1. The van der Waals surface area contributed by atoms with E-state index in [1.165, 1.54) is 0 Å². The van der Waals surface area contributed by atoms with Crippen LogP contribution in [-0.2, 0) is 6.54 Å². The first-order chi connectivity index (χ1) is 13.7. The van der Waals surface area contributed by atoms with E-state index in [1.54, 1.807) is 29.5 Å². The quantitative estimate of drug-likeness (QED) is 0.691. The minimum atomic E-state index is -0.249. The highest BCUT2D eigenvalue weighted by Gasteiger charge is 2.15. The lowest BCUT2D eigenvalue weighted by Crippen LogP contribution is -2.33. The lowest BCUT2D eigenvalue weighted by Gasteiger charge is -2.27. The van der Waals surface area contributed by atoms with Gasteiger partial charge in [0, 0.05) is 48.4 Å². The minimum absolute atomic E-state index is 0.249. The number of hydrogen-bond acceptors (Lipinski definition) is 6. The van der Waals surface area contributed by atoms with Gasteiger partial charge in [0.2, 0.25) is 0 Å². The highest BCUT2D eigenvalue weighted by molar-refractivity contribution is 7.99. The molecule has 1 saturated heterocycles. The normalized spacial score (nSPS) is 14.1. The van der Waals surface area contributed by atoms with Gasteiger partial charge < -0.3 is 10.2 Å². The number of rotatable bonds is 5. The predicted molar refractivity (Wildman–Crippen MR) is 111 cm³/mol. The third kappa shape index (κ3) is 4.45. The average molecular weight is 415 g/mol. The van der Waals surface area contributed by atoms with Gasteiger partial charge in [0.05, 0.1) is 0 Å². The molecule has 1 aromatic carbocycles. The Labute approximate surface area is 172 Å². The van der Waals surface area contributed by atoms with Gasteiger partial charge >= 0.3 is 0 Å².